The SMILES string of the molecule is O=C(O)[C@@H]1CC[C@H](C(=O)Nc2cccc3c2CCNC3)C1. The van der Waals surface area contributed by atoms with Crippen LogP contribution < -0.4 is 10.6 Å². The number of fused-ring (bicyclic) bond motifs is 1. The Kier molecular flexibility index (Phi) is 3.92. The summed E-state index contributed by atoms with van der Waals surface area (Å²) in [6.07, 6.45) is 2.63. The van der Waals surface area contributed by atoms with Crippen molar-refractivity contribution in [2.24, 2.45) is 11.8 Å². The molecule has 0 aromatic heterocycles. The molecule has 0 unspecified atom stereocenters. The van der Waals surface area contributed by atoms with Crippen LogP contribution in [0.2, 0.25) is 0 Å². The molecule has 1 aliphatic heterocycles. The van der Waals surface area contributed by atoms with Crippen LogP contribution in [0, 0.1) is 11.8 Å². The number of amides is 1. The molecule has 2 aliphatic rings. The maximum Gasteiger partial charge on any atom is 0.306 e. The molecule has 0 saturated heterocycles. The summed E-state index contributed by atoms with van der Waals surface area (Å²) in [6.45, 7) is 1.76. The lowest BCUT2D eigenvalue weighted by Gasteiger charge is -2.21. The molecule has 21 heavy (non-hydrogen) atoms. The summed E-state index contributed by atoms with van der Waals surface area (Å²) in [6, 6.07) is 5.97. The van der Waals surface area contributed by atoms with Crippen LogP contribution in [-0.2, 0) is 22.6 Å². The minimum absolute atomic E-state index is 0.0364. The largest absolute Gasteiger partial charge is 0.481 e. The Labute approximate surface area is 123 Å². The van der Waals surface area contributed by atoms with Gasteiger partial charge in [0.1, 0.15) is 0 Å². The molecule has 1 aromatic carbocycles. The normalized spacial score (nSPS) is 24.4. The van der Waals surface area contributed by atoms with E-state index in [4.69, 9.17) is 5.11 Å². The highest BCUT2D eigenvalue weighted by Gasteiger charge is 2.34. The van der Waals surface area contributed by atoms with Crippen molar-refractivity contribution in [2.75, 3.05) is 11.9 Å². The van der Waals surface area contributed by atoms with E-state index in [0.717, 1.165) is 25.2 Å². The number of rotatable bonds is 3. The van der Waals surface area contributed by atoms with E-state index in [1.54, 1.807) is 0 Å². The molecule has 3 rings (SSSR count). The van der Waals surface area contributed by atoms with Crippen molar-refractivity contribution in [2.45, 2.75) is 32.2 Å². The van der Waals surface area contributed by atoms with Crippen LogP contribution in [0.4, 0.5) is 5.69 Å². The van der Waals surface area contributed by atoms with Gasteiger partial charge in [-0.05, 0) is 49.4 Å². The number of nitrogens with one attached hydrogen (secondary N) is 2. The molecule has 1 heterocycles. The van der Waals surface area contributed by atoms with E-state index < -0.39 is 5.97 Å². The van der Waals surface area contributed by atoms with Gasteiger partial charge >= 0.3 is 5.97 Å². The topological polar surface area (TPSA) is 78.4 Å². The smallest absolute Gasteiger partial charge is 0.306 e. The van der Waals surface area contributed by atoms with Crippen molar-refractivity contribution < 1.29 is 14.7 Å². The molecule has 1 amide bonds. The van der Waals surface area contributed by atoms with Crippen molar-refractivity contribution >= 4 is 17.6 Å². The van der Waals surface area contributed by atoms with Gasteiger partial charge in [0, 0.05) is 18.2 Å². The second-order valence-electron chi connectivity index (χ2n) is 5.90. The molecule has 1 fully saturated rings. The van der Waals surface area contributed by atoms with E-state index >= 15 is 0 Å². The average Bonchev–Trinajstić information content (AvgIpc) is 2.98. The molecule has 5 nitrogen and oxygen atoms in total. The monoisotopic (exact) mass is 288 g/mol. The molecule has 1 aliphatic carbocycles. The van der Waals surface area contributed by atoms with Gasteiger partial charge in [0.15, 0.2) is 0 Å². The first-order chi connectivity index (χ1) is 10.1. The third-order valence-corrected chi connectivity index (χ3v) is 4.55. The first kappa shape index (κ1) is 14.1. The van der Waals surface area contributed by atoms with Crippen LogP contribution in [-0.4, -0.2) is 23.5 Å². The van der Waals surface area contributed by atoms with Crippen molar-refractivity contribution in [1.29, 1.82) is 0 Å². The Morgan fingerprint density at radius 2 is 2.05 bits per heavy atom. The lowest BCUT2D eigenvalue weighted by atomic mass is 9.98. The highest BCUT2D eigenvalue weighted by Crippen LogP contribution is 2.32. The maximum atomic E-state index is 12.3. The zero-order chi connectivity index (χ0) is 14.8. The Morgan fingerprint density at radius 3 is 2.81 bits per heavy atom. The van der Waals surface area contributed by atoms with Crippen LogP contribution in [0.5, 0.6) is 0 Å². The van der Waals surface area contributed by atoms with Crippen molar-refractivity contribution in [3.63, 3.8) is 0 Å². The standard InChI is InChI=1S/C16H20N2O3/c19-15(10-4-5-11(8-10)16(20)21)18-14-3-1-2-12-9-17-7-6-13(12)14/h1-3,10-11,17H,4-9H2,(H,18,19)(H,20,21)/t10-,11+/m0/s1. The van der Waals surface area contributed by atoms with E-state index in [1.165, 1.54) is 11.1 Å². The second-order valence-corrected chi connectivity index (χ2v) is 5.90. The quantitative estimate of drug-likeness (QED) is 0.792. The Morgan fingerprint density at radius 1 is 1.24 bits per heavy atom. The van der Waals surface area contributed by atoms with Gasteiger partial charge in [-0.1, -0.05) is 12.1 Å². The van der Waals surface area contributed by atoms with Gasteiger partial charge in [-0.2, -0.15) is 0 Å². The van der Waals surface area contributed by atoms with E-state index in [9.17, 15) is 9.59 Å². The Balaban J connectivity index is 1.70. The molecule has 112 valence electrons. The lowest BCUT2D eigenvalue weighted by Crippen LogP contribution is -2.27. The van der Waals surface area contributed by atoms with Crippen molar-refractivity contribution in [3.8, 4) is 0 Å². The molecule has 3 N–H and O–H groups in total. The van der Waals surface area contributed by atoms with Gasteiger partial charge in [0.25, 0.3) is 0 Å². The number of carbonyl (C=O) groups excluding carboxylic acids is 1. The van der Waals surface area contributed by atoms with Crippen LogP contribution in [0.1, 0.15) is 30.4 Å². The fourth-order valence-corrected chi connectivity index (χ4v) is 3.33. The molecule has 0 spiro atoms. The lowest BCUT2D eigenvalue weighted by molar-refractivity contribution is -0.141. The molecule has 2 atom stereocenters. The van der Waals surface area contributed by atoms with Gasteiger partial charge < -0.3 is 15.7 Å². The number of carboxylic acids is 1. The minimum Gasteiger partial charge on any atom is -0.481 e. The molecule has 1 saturated carbocycles. The molecular formula is C16H20N2O3. The van der Waals surface area contributed by atoms with Gasteiger partial charge in [0.2, 0.25) is 5.91 Å². The van der Waals surface area contributed by atoms with Gasteiger partial charge in [-0.25, -0.2) is 0 Å². The van der Waals surface area contributed by atoms with Gasteiger partial charge in [0.05, 0.1) is 5.92 Å². The number of hydrogen-bond donors (Lipinski definition) is 3. The summed E-state index contributed by atoms with van der Waals surface area (Å²) in [5.41, 5.74) is 3.32. The van der Waals surface area contributed by atoms with Crippen LogP contribution >= 0.6 is 0 Å². The maximum absolute atomic E-state index is 12.3. The van der Waals surface area contributed by atoms with E-state index in [1.807, 2.05) is 12.1 Å². The first-order valence-corrected chi connectivity index (χ1v) is 7.50. The van der Waals surface area contributed by atoms with Gasteiger partial charge in [-0.3, -0.25) is 9.59 Å². The van der Waals surface area contributed by atoms with Crippen molar-refractivity contribution in [1.82, 2.24) is 5.32 Å². The predicted octanol–water partition coefficient (Wildman–Crippen LogP) is 1.77. The summed E-state index contributed by atoms with van der Waals surface area (Å²) in [5.74, 6) is -1.36. The summed E-state index contributed by atoms with van der Waals surface area (Å²) in [4.78, 5) is 23.3. The second kappa shape index (κ2) is 5.85. The van der Waals surface area contributed by atoms with E-state index in [2.05, 4.69) is 16.7 Å². The predicted molar refractivity (Wildman–Crippen MR) is 78.9 cm³/mol. The molecule has 1 aromatic rings. The molecule has 0 radical (unpaired) electrons. The van der Waals surface area contributed by atoms with Crippen LogP contribution in [0.15, 0.2) is 18.2 Å². The summed E-state index contributed by atoms with van der Waals surface area (Å²) >= 11 is 0. The van der Waals surface area contributed by atoms with Crippen LogP contribution in [0.3, 0.4) is 0 Å². The Hall–Kier alpha value is -1.88. The number of hydrogen-bond acceptors (Lipinski definition) is 3. The van der Waals surface area contributed by atoms with Crippen LogP contribution in [0.25, 0.3) is 0 Å². The fraction of sp³-hybridized carbons (Fsp3) is 0.500. The zero-order valence-electron chi connectivity index (χ0n) is 11.9. The summed E-state index contributed by atoms with van der Waals surface area (Å²) in [5, 5.41) is 15.4. The first-order valence-electron chi connectivity index (χ1n) is 7.50. The third kappa shape index (κ3) is 2.93. The van der Waals surface area contributed by atoms with E-state index in [-0.39, 0.29) is 17.7 Å². The number of benzene rings is 1. The van der Waals surface area contributed by atoms with E-state index in [0.29, 0.717) is 19.3 Å². The number of anilines is 1. The van der Waals surface area contributed by atoms with Crippen molar-refractivity contribution in [3.05, 3.63) is 29.3 Å². The fourth-order valence-electron chi connectivity index (χ4n) is 3.33. The Bertz CT molecular complexity index is 571. The highest BCUT2D eigenvalue weighted by molar-refractivity contribution is 5.94. The number of carboxylic acid groups (broad SMARTS) is 1. The highest BCUT2D eigenvalue weighted by atomic mass is 16.4. The zero-order valence-corrected chi connectivity index (χ0v) is 11.9. The number of aliphatic carboxylic acids is 1. The average molecular weight is 288 g/mol. The summed E-state index contributed by atoms with van der Waals surface area (Å²) < 4.78 is 0. The molecular weight excluding hydrogens is 268 g/mol. The van der Waals surface area contributed by atoms with Gasteiger partial charge in [-0.15, -0.1) is 0 Å². The number of carbonyl (C=O) groups is 2. The summed E-state index contributed by atoms with van der Waals surface area (Å²) in [7, 11) is 0. The minimum atomic E-state index is -0.784. The third-order valence-electron chi connectivity index (χ3n) is 4.55. The molecule has 5 heteroatoms. The molecule has 0 bridgehead atoms.